The van der Waals surface area contributed by atoms with Gasteiger partial charge in [-0.25, -0.2) is 9.29 Å². The van der Waals surface area contributed by atoms with Crippen molar-refractivity contribution in [3.05, 3.63) is 114 Å². The molecule has 4 aromatic carbocycles. The minimum absolute atomic E-state index is 0.0779. The zero-order valence-corrected chi connectivity index (χ0v) is 27.4. The lowest BCUT2D eigenvalue weighted by molar-refractivity contribution is -0.140. The monoisotopic (exact) mass is 698 g/mol. The quantitative estimate of drug-likeness (QED) is 0.146. The molecule has 2 aliphatic carbocycles. The van der Waals surface area contributed by atoms with E-state index in [4.69, 9.17) is 23.2 Å². The summed E-state index contributed by atoms with van der Waals surface area (Å²) in [5.74, 6) is -6.57. The molecule has 3 fully saturated rings. The minimum atomic E-state index is -2.17. The molecule has 4 amide bonds. The van der Waals surface area contributed by atoms with Crippen LogP contribution in [0.5, 0.6) is 11.5 Å². The fraction of sp³-hybridized carbons (Fsp3) is 0.263. The molecule has 11 heteroatoms. The van der Waals surface area contributed by atoms with Crippen LogP contribution >= 0.6 is 23.2 Å². The highest BCUT2D eigenvalue weighted by molar-refractivity contribution is 6.58. The maximum absolute atomic E-state index is 14.6. The molecule has 49 heavy (non-hydrogen) atoms. The molecule has 4 aromatic rings. The molecular weight excluding hydrogens is 670 g/mol. The van der Waals surface area contributed by atoms with Gasteiger partial charge in [0, 0.05) is 18.0 Å². The summed E-state index contributed by atoms with van der Waals surface area (Å²) in [6.45, 7) is 0.117. The Kier molecular flexibility index (Phi) is 7.18. The highest BCUT2D eigenvalue weighted by atomic mass is 35.5. The van der Waals surface area contributed by atoms with Crippen LogP contribution in [0.3, 0.4) is 0 Å². The van der Waals surface area contributed by atoms with Crippen LogP contribution in [0.15, 0.2) is 96.6 Å². The molecule has 0 aromatic heterocycles. The number of hydrogen-bond donors (Lipinski definition) is 2. The molecule has 2 saturated heterocycles. The zero-order valence-electron chi connectivity index (χ0n) is 25.9. The van der Waals surface area contributed by atoms with Crippen LogP contribution in [-0.2, 0) is 25.6 Å². The lowest BCUT2D eigenvalue weighted by atomic mass is 9.56. The maximum atomic E-state index is 14.6. The van der Waals surface area contributed by atoms with Crippen molar-refractivity contribution in [3.63, 3.8) is 0 Å². The molecule has 2 N–H and O–H groups in total. The van der Waals surface area contributed by atoms with E-state index in [1.54, 1.807) is 30.3 Å². The number of alkyl halides is 2. The molecule has 0 unspecified atom stereocenters. The number of phenols is 2. The second-order valence-corrected chi connectivity index (χ2v) is 14.5. The van der Waals surface area contributed by atoms with Gasteiger partial charge in [-0.05, 0) is 84.0 Å². The number of fused-ring (bicyclic) bond motifs is 5. The molecule has 0 spiro atoms. The van der Waals surface area contributed by atoms with Gasteiger partial charge in [0.25, 0.3) is 11.8 Å². The number of imide groups is 2. The van der Waals surface area contributed by atoms with Gasteiger partial charge in [0.2, 0.25) is 11.8 Å². The number of aromatic hydroxyl groups is 2. The largest absolute Gasteiger partial charge is 0.508 e. The summed E-state index contributed by atoms with van der Waals surface area (Å²) >= 11 is 15.0. The number of likely N-dealkylation sites (tertiary alicyclic amines) is 1. The van der Waals surface area contributed by atoms with Crippen LogP contribution in [0.2, 0.25) is 0 Å². The van der Waals surface area contributed by atoms with Crippen molar-refractivity contribution in [1.29, 1.82) is 0 Å². The molecule has 8 nitrogen and oxygen atoms in total. The van der Waals surface area contributed by atoms with Gasteiger partial charge in [0.05, 0.1) is 17.5 Å². The van der Waals surface area contributed by atoms with Crippen molar-refractivity contribution in [1.82, 2.24) is 4.90 Å². The summed E-state index contributed by atoms with van der Waals surface area (Å²) in [5, 5.41) is 22.5. The first-order valence-electron chi connectivity index (χ1n) is 16.0. The van der Waals surface area contributed by atoms with E-state index in [2.05, 4.69) is 0 Å². The van der Waals surface area contributed by atoms with E-state index in [1.165, 1.54) is 35.2 Å². The predicted octanol–water partition coefficient (Wildman–Crippen LogP) is 6.20. The standard InChI is InChI=1S/C38H29Cl2FN2O6/c39-37-19-28-26(14-15-27-30(28)34(47)42(33(27)46)18-17-20-5-12-24(44)13-6-20)32(31-25-4-2-1-3-21(25)7-16-29(31)45)38(37,40)36(49)43(35(37)48)23-10-8-22(41)9-11-23/h1-14,16,27-28,30,32,44-45H,15,17-19H2/t27-,28+,30-,32+,37+,38-/m0/s1. The average molecular weight is 700 g/mol. The lowest BCUT2D eigenvalue weighted by Gasteiger charge is -2.51. The summed E-state index contributed by atoms with van der Waals surface area (Å²) < 4.78 is 13.9. The fourth-order valence-electron chi connectivity index (χ4n) is 8.49. The predicted molar refractivity (Wildman–Crippen MR) is 181 cm³/mol. The smallest absolute Gasteiger partial charge is 0.258 e. The summed E-state index contributed by atoms with van der Waals surface area (Å²) in [5.41, 5.74) is 1.76. The molecular formula is C38H29Cl2FN2O6. The number of rotatable bonds is 5. The van der Waals surface area contributed by atoms with Gasteiger partial charge in [-0.15, -0.1) is 23.2 Å². The second-order valence-electron chi connectivity index (χ2n) is 13.2. The lowest BCUT2D eigenvalue weighted by Crippen LogP contribution is -2.60. The van der Waals surface area contributed by atoms with E-state index < -0.39 is 57.0 Å². The van der Waals surface area contributed by atoms with Crippen molar-refractivity contribution >= 4 is 63.3 Å². The third kappa shape index (κ3) is 4.41. The van der Waals surface area contributed by atoms with Crippen LogP contribution in [0.25, 0.3) is 10.8 Å². The number of allylic oxidation sites excluding steroid dienone is 2. The molecule has 1 saturated carbocycles. The Hall–Kier alpha value is -4.73. The Balaban J connectivity index is 1.27. The minimum Gasteiger partial charge on any atom is -0.508 e. The second kappa shape index (κ2) is 11.1. The summed E-state index contributed by atoms with van der Waals surface area (Å²) in [7, 11) is 0. The number of nitrogens with zero attached hydrogens (tertiary/aromatic N) is 2. The number of benzene rings is 4. The molecule has 0 radical (unpaired) electrons. The van der Waals surface area contributed by atoms with E-state index in [-0.39, 0.29) is 48.0 Å². The fourth-order valence-corrected chi connectivity index (χ4v) is 9.41. The van der Waals surface area contributed by atoms with Crippen molar-refractivity contribution in [2.45, 2.75) is 34.9 Å². The summed E-state index contributed by atoms with van der Waals surface area (Å²) in [4.78, 5) is 55.0. The van der Waals surface area contributed by atoms with Crippen molar-refractivity contribution in [2.24, 2.45) is 17.8 Å². The van der Waals surface area contributed by atoms with Crippen molar-refractivity contribution in [3.8, 4) is 11.5 Å². The Bertz CT molecular complexity index is 2120. The van der Waals surface area contributed by atoms with Crippen molar-refractivity contribution in [2.75, 3.05) is 11.4 Å². The van der Waals surface area contributed by atoms with E-state index in [0.717, 1.165) is 28.0 Å². The van der Waals surface area contributed by atoms with Gasteiger partial charge in [0.15, 0.2) is 9.75 Å². The number of carbonyl (C=O) groups excluding carboxylic acids is 4. The Morgan fingerprint density at radius 2 is 1.53 bits per heavy atom. The molecule has 6 atom stereocenters. The Labute approximate surface area is 290 Å². The maximum Gasteiger partial charge on any atom is 0.258 e. The van der Waals surface area contributed by atoms with Gasteiger partial charge < -0.3 is 10.2 Å². The molecule has 2 aliphatic heterocycles. The normalized spacial score (nSPS) is 29.2. The van der Waals surface area contributed by atoms with Crippen LogP contribution in [0.4, 0.5) is 10.1 Å². The highest BCUT2D eigenvalue weighted by Crippen LogP contribution is 2.67. The van der Waals surface area contributed by atoms with Gasteiger partial charge >= 0.3 is 0 Å². The summed E-state index contributed by atoms with van der Waals surface area (Å²) in [6, 6.07) is 21.8. The Morgan fingerprint density at radius 3 is 2.27 bits per heavy atom. The van der Waals surface area contributed by atoms with Gasteiger partial charge in [-0.1, -0.05) is 54.1 Å². The first-order valence-corrected chi connectivity index (χ1v) is 16.8. The van der Waals surface area contributed by atoms with Gasteiger partial charge in [-0.3, -0.25) is 24.1 Å². The molecule has 0 bridgehead atoms. The van der Waals surface area contributed by atoms with Crippen LogP contribution in [-0.4, -0.2) is 55.0 Å². The van der Waals surface area contributed by atoms with Crippen LogP contribution < -0.4 is 4.90 Å². The zero-order chi connectivity index (χ0) is 34.4. The van der Waals surface area contributed by atoms with E-state index in [9.17, 15) is 33.8 Å². The number of carbonyl (C=O) groups is 4. The van der Waals surface area contributed by atoms with E-state index >= 15 is 0 Å². The Morgan fingerprint density at radius 1 is 0.816 bits per heavy atom. The third-order valence-corrected chi connectivity index (χ3v) is 12.2. The first kappa shape index (κ1) is 31.5. The molecule has 2 heterocycles. The number of hydrogen-bond acceptors (Lipinski definition) is 6. The average Bonchev–Trinajstić information content (AvgIpc) is 3.42. The summed E-state index contributed by atoms with van der Waals surface area (Å²) in [6.07, 6.45) is 2.16. The van der Waals surface area contributed by atoms with Gasteiger partial charge in [0.1, 0.15) is 17.3 Å². The third-order valence-electron chi connectivity index (χ3n) is 10.8. The van der Waals surface area contributed by atoms with Gasteiger partial charge in [-0.2, -0.15) is 0 Å². The topological polar surface area (TPSA) is 115 Å². The molecule has 8 rings (SSSR count). The van der Waals surface area contributed by atoms with Crippen LogP contribution in [0, 0.1) is 23.6 Å². The molecule has 4 aliphatic rings. The first-order chi connectivity index (χ1) is 23.5. The van der Waals surface area contributed by atoms with E-state index in [1.807, 2.05) is 18.2 Å². The SMILES string of the molecule is O=C1[C@H]2[C@H](CC=C3[C@H]2C[C@@]2(Cl)C(=O)N(c4ccc(F)cc4)C(=O)[C@@]2(Cl)[C@H]3c2c(O)ccc3ccccc23)C(=O)N1CCc1ccc(O)cc1. The van der Waals surface area contributed by atoms with Crippen LogP contribution in [0.1, 0.15) is 29.9 Å². The number of amides is 4. The van der Waals surface area contributed by atoms with E-state index in [0.29, 0.717) is 17.4 Å². The molecule has 248 valence electrons. The number of phenolic OH excluding ortho intramolecular Hbond substituents is 2. The number of halogens is 3. The highest BCUT2D eigenvalue weighted by Gasteiger charge is 2.77. The van der Waals surface area contributed by atoms with Crippen molar-refractivity contribution < 1.29 is 33.8 Å². The number of anilines is 1.